The summed E-state index contributed by atoms with van der Waals surface area (Å²) in [4.78, 5) is 45.1. The highest BCUT2D eigenvalue weighted by atomic mass is 16.6. The van der Waals surface area contributed by atoms with Crippen molar-refractivity contribution in [3.05, 3.63) is 70.3 Å². The number of rotatable bonds is 8. The summed E-state index contributed by atoms with van der Waals surface area (Å²) >= 11 is 0. The van der Waals surface area contributed by atoms with E-state index in [2.05, 4.69) is 5.32 Å². The van der Waals surface area contributed by atoms with E-state index >= 15 is 0 Å². The monoisotopic (exact) mass is 372 g/mol. The zero-order valence-electron chi connectivity index (χ0n) is 14.1. The van der Waals surface area contributed by atoms with Crippen molar-refractivity contribution in [3.8, 4) is 5.75 Å². The number of nitro groups is 1. The van der Waals surface area contributed by atoms with Gasteiger partial charge in [0, 0.05) is 24.2 Å². The summed E-state index contributed by atoms with van der Waals surface area (Å²) < 4.78 is 9.78. The Kier molecular flexibility index (Phi) is 7.00. The molecule has 0 heterocycles. The van der Waals surface area contributed by atoms with Gasteiger partial charge in [0.25, 0.3) is 5.69 Å². The van der Waals surface area contributed by atoms with E-state index in [4.69, 9.17) is 9.47 Å². The van der Waals surface area contributed by atoms with E-state index < -0.39 is 29.4 Å². The number of para-hydroxylation sites is 1. The van der Waals surface area contributed by atoms with Crippen LogP contribution in [0.2, 0.25) is 0 Å². The van der Waals surface area contributed by atoms with Crippen LogP contribution in [0.3, 0.4) is 0 Å². The van der Waals surface area contributed by atoms with E-state index in [0.29, 0.717) is 5.75 Å². The SMILES string of the molecule is O=C(CCNC(=O)Oc1ccccc1)OCC(=O)c1cccc([N+](=O)[O-])c1. The summed E-state index contributed by atoms with van der Waals surface area (Å²) in [5.74, 6) is -0.905. The van der Waals surface area contributed by atoms with Gasteiger partial charge in [-0.3, -0.25) is 19.7 Å². The maximum absolute atomic E-state index is 11.9. The molecule has 27 heavy (non-hydrogen) atoms. The van der Waals surface area contributed by atoms with Gasteiger partial charge >= 0.3 is 12.1 Å². The van der Waals surface area contributed by atoms with Crippen LogP contribution in [0.5, 0.6) is 5.75 Å². The third kappa shape index (κ3) is 6.58. The molecule has 2 aromatic rings. The number of non-ortho nitro benzene ring substituents is 1. The second-order valence-corrected chi connectivity index (χ2v) is 5.27. The molecule has 0 fully saturated rings. The zero-order valence-corrected chi connectivity index (χ0v) is 14.1. The largest absolute Gasteiger partial charge is 0.457 e. The van der Waals surface area contributed by atoms with E-state index in [-0.39, 0.29) is 24.2 Å². The molecule has 0 aliphatic carbocycles. The molecule has 0 aliphatic heterocycles. The molecular formula is C18H16N2O7. The van der Waals surface area contributed by atoms with Gasteiger partial charge in [-0.2, -0.15) is 0 Å². The van der Waals surface area contributed by atoms with Gasteiger partial charge in [0.05, 0.1) is 11.3 Å². The number of benzene rings is 2. The Bertz CT molecular complexity index is 837. The number of nitro benzene ring substituents is 1. The molecule has 0 spiro atoms. The number of nitrogens with one attached hydrogen (secondary N) is 1. The second kappa shape index (κ2) is 9.66. The summed E-state index contributed by atoms with van der Waals surface area (Å²) in [6.45, 7) is -0.579. The minimum absolute atomic E-state index is 0.0322. The quantitative estimate of drug-likeness (QED) is 0.327. The molecule has 0 saturated heterocycles. The first kappa shape index (κ1) is 19.6. The van der Waals surface area contributed by atoms with Crippen LogP contribution in [0, 0.1) is 10.1 Å². The van der Waals surface area contributed by atoms with Crippen LogP contribution < -0.4 is 10.1 Å². The van der Waals surface area contributed by atoms with E-state index in [1.165, 1.54) is 18.2 Å². The number of carbonyl (C=O) groups is 3. The predicted octanol–water partition coefficient (Wildman–Crippen LogP) is 2.50. The lowest BCUT2D eigenvalue weighted by Gasteiger charge is -2.07. The molecular weight excluding hydrogens is 356 g/mol. The molecule has 0 saturated carbocycles. The molecule has 0 radical (unpaired) electrons. The van der Waals surface area contributed by atoms with Gasteiger partial charge in [-0.05, 0) is 12.1 Å². The van der Waals surface area contributed by atoms with Crippen molar-refractivity contribution in [1.82, 2.24) is 5.32 Å². The van der Waals surface area contributed by atoms with E-state index in [1.807, 2.05) is 0 Å². The first-order chi connectivity index (χ1) is 13.0. The first-order valence-electron chi connectivity index (χ1n) is 7.89. The number of esters is 1. The minimum Gasteiger partial charge on any atom is -0.457 e. The molecule has 0 bridgehead atoms. The van der Waals surface area contributed by atoms with Crippen molar-refractivity contribution < 1.29 is 28.8 Å². The average Bonchev–Trinajstić information content (AvgIpc) is 2.67. The molecule has 2 aromatic carbocycles. The van der Waals surface area contributed by atoms with Crippen molar-refractivity contribution in [2.45, 2.75) is 6.42 Å². The fourth-order valence-corrected chi connectivity index (χ4v) is 1.99. The summed E-state index contributed by atoms with van der Waals surface area (Å²) in [6.07, 6.45) is -0.881. The number of ether oxygens (including phenoxy) is 2. The van der Waals surface area contributed by atoms with E-state index in [1.54, 1.807) is 30.3 Å². The minimum atomic E-state index is -0.721. The highest BCUT2D eigenvalue weighted by Crippen LogP contribution is 2.13. The Morgan fingerprint density at radius 3 is 2.48 bits per heavy atom. The van der Waals surface area contributed by atoms with E-state index in [9.17, 15) is 24.5 Å². The van der Waals surface area contributed by atoms with Gasteiger partial charge in [-0.15, -0.1) is 0 Å². The third-order valence-corrected chi connectivity index (χ3v) is 3.30. The van der Waals surface area contributed by atoms with Crippen LogP contribution in [0.25, 0.3) is 0 Å². The maximum Gasteiger partial charge on any atom is 0.412 e. The molecule has 0 atom stereocenters. The number of carbonyl (C=O) groups excluding carboxylic acids is 3. The maximum atomic E-state index is 11.9. The molecule has 1 N–H and O–H groups in total. The highest BCUT2D eigenvalue weighted by Gasteiger charge is 2.14. The van der Waals surface area contributed by atoms with Crippen LogP contribution in [0.1, 0.15) is 16.8 Å². The van der Waals surface area contributed by atoms with Crippen LogP contribution >= 0.6 is 0 Å². The summed E-state index contributed by atoms with van der Waals surface area (Å²) in [7, 11) is 0. The fourth-order valence-electron chi connectivity index (χ4n) is 1.99. The smallest absolute Gasteiger partial charge is 0.412 e. The molecule has 140 valence electrons. The lowest BCUT2D eigenvalue weighted by Crippen LogP contribution is -2.29. The van der Waals surface area contributed by atoms with Crippen molar-refractivity contribution in [3.63, 3.8) is 0 Å². The van der Waals surface area contributed by atoms with Crippen LogP contribution in [-0.2, 0) is 9.53 Å². The fraction of sp³-hybridized carbons (Fsp3) is 0.167. The number of Topliss-reactive ketones (excluding diaryl/α,β-unsaturated/α-hetero) is 1. The predicted molar refractivity (Wildman–Crippen MR) is 93.5 cm³/mol. The summed E-state index contributed by atoms with van der Waals surface area (Å²) in [5, 5.41) is 13.1. The van der Waals surface area contributed by atoms with Gasteiger partial charge < -0.3 is 14.8 Å². The summed E-state index contributed by atoms with van der Waals surface area (Å²) in [5.41, 5.74) is -0.158. The Morgan fingerprint density at radius 2 is 1.78 bits per heavy atom. The van der Waals surface area contributed by atoms with Gasteiger partial charge in [0.1, 0.15) is 5.75 Å². The first-order valence-corrected chi connectivity index (χ1v) is 7.89. The number of ketones is 1. The molecule has 0 aromatic heterocycles. The molecule has 0 aliphatic rings. The van der Waals surface area contributed by atoms with Gasteiger partial charge in [0.2, 0.25) is 5.78 Å². The van der Waals surface area contributed by atoms with E-state index in [0.717, 1.165) is 6.07 Å². The lowest BCUT2D eigenvalue weighted by atomic mass is 10.1. The van der Waals surface area contributed by atoms with Crippen molar-refractivity contribution >= 4 is 23.5 Å². The van der Waals surface area contributed by atoms with Crippen molar-refractivity contribution in [1.29, 1.82) is 0 Å². The Balaban J connectivity index is 1.70. The van der Waals surface area contributed by atoms with Crippen LogP contribution in [0.15, 0.2) is 54.6 Å². The van der Waals surface area contributed by atoms with Gasteiger partial charge in [0.15, 0.2) is 6.61 Å². The standard InChI is InChI=1S/C18H16N2O7/c21-16(13-5-4-6-14(11-13)20(24)25)12-26-17(22)9-10-19-18(23)27-15-7-2-1-3-8-15/h1-8,11H,9-10,12H2,(H,19,23). The normalized spacial score (nSPS) is 9.93. The average molecular weight is 372 g/mol. The number of amides is 1. The van der Waals surface area contributed by atoms with Crippen molar-refractivity contribution in [2.24, 2.45) is 0 Å². The zero-order chi connectivity index (χ0) is 19.6. The Morgan fingerprint density at radius 1 is 1.04 bits per heavy atom. The molecule has 2 rings (SSSR count). The van der Waals surface area contributed by atoms with Crippen molar-refractivity contribution in [2.75, 3.05) is 13.2 Å². The van der Waals surface area contributed by atoms with Crippen LogP contribution in [0.4, 0.5) is 10.5 Å². The molecule has 1 amide bonds. The topological polar surface area (TPSA) is 125 Å². The number of hydrogen-bond donors (Lipinski definition) is 1. The van der Waals surface area contributed by atoms with Gasteiger partial charge in [-0.1, -0.05) is 30.3 Å². The second-order valence-electron chi connectivity index (χ2n) is 5.27. The van der Waals surface area contributed by atoms with Gasteiger partial charge in [-0.25, -0.2) is 4.79 Å². The molecule has 9 heteroatoms. The lowest BCUT2D eigenvalue weighted by molar-refractivity contribution is -0.384. The number of nitrogens with zero attached hydrogens (tertiary/aromatic N) is 1. The van der Waals surface area contributed by atoms with Crippen LogP contribution in [-0.4, -0.2) is 35.9 Å². The molecule has 0 unspecified atom stereocenters. The highest BCUT2D eigenvalue weighted by molar-refractivity contribution is 5.98. The Hall–Kier alpha value is -3.75. The third-order valence-electron chi connectivity index (χ3n) is 3.30. The molecule has 9 nitrogen and oxygen atoms in total. The number of hydrogen-bond acceptors (Lipinski definition) is 7. The summed E-state index contributed by atoms with van der Waals surface area (Å²) in [6, 6.07) is 13.5. The Labute approximate surface area is 154 Å².